The number of nitrogens with one attached hydrogen (secondary N) is 3. The van der Waals surface area contributed by atoms with Gasteiger partial charge in [-0.2, -0.15) is 0 Å². The largest absolute Gasteiger partial charge is 0.385 e. The molecule has 1 aromatic rings. The van der Waals surface area contributed by atoms with Crippen molar-refractivity contribution in [3.05, 3.63) is 21.6 Å². The molecular weight excluding hydrogens is 260 g/mol. The Morgan fingerprint density at radius 2 is 2.15 bits per heavy atom. The number of ether oxygens (including phenoxy) is 1. The molecule has 112 valence electrons. The number of aromatic nitrogens is 2. The maximum Gasteiger partial charge on any atom is 0.267 e. The Morgan fingerprint density at radius 3 is 3.05 bits per heavy atom. The van der Waals surface area contributed by atoms with Gasteiger partial charge in [0.2, 0.25) is 0 Å². The topological polar surface area (TPSA) is 93.4 Å². The molecule has 7 nitrogen and oxygen atoms in total. The van der Waals surface area contributed by atoms with Gasteiger partial charge in [-0.1, -0.05) is 0 Å². The van der Waals surface area contributed by atoms with Crippen LogP contribution >= 0.6 is 0 Å². The highest BCUT2D eigenvalue weighted by atomic mass is 16.5. The second-order valence-electron chi connectivity index (χ2n) is 5.77. The molecule has 1 aromatic heterocycles. The molecule has 0 aliphatic carbocycles. The Labute approximate surface area is 117 Å². The van der Waals surface area contributed by atoms with Crippen molar-refractivity contribution in [1.29, 1.82) is 0 Å². The van der Waals surface area contributed by atoms with Crippen LogP contribution in [0.25, 0.3) is 0 Å². The summed E-state index contributed by atoms with van der Waals surface area (Å²) >= 11 is 0. The Kier molecular flexibility index (Phi) is 3.93. The Morgan fingerprint density at radius 1 is 1.30 bits per heavy atom. The first-order chi connectivity index (χ1) is 9.66. The summed E-state index contributed by atoms with van der Waals surface area (Å²) in [5, 5.41) is 19.4. The van der Waals surface area contributed by atoms with Crippen molar-refractivity contribution in [2.75, 3.05) is 45.9 Å². The number of aromatic amines is 2. The summed E-state index contributed by atoms with van der Waals surface area (Å²) in [5.74, 6) is 0. The molecule has 0 radical (unpaired) electrons. The van der Waals surface area contributed by atoms with Gasteiger partial charge in [-0.15, -0.1) is 0 Å². The molecule has 0 bridgehead atoms. The predicted octanol–water partition coefficient (Wildman–Crippen LogP) is -1.55. The minimum Gasteiger partial charge on any atom is -0.385 e. The van der Waals surface area contributed by atoms with Crippen molar-refractivity contribution in [2.45, 2.75) is 18.4 Å². The molecule has 3 rings (SSSR count). The predicted molar refractivity (Wildman–Crippen MR) is 73.9 cm³/mol. The fourth-order valence-electron chi connectivity index (χ4n) is 3.00. The average Bonchev–Trinajstić information content (AvgIpc) is 2.60. The van der Waals surface area contributed by atoms with Gasteiger partial charge in [0.1, 0.15) is 5.60 Å². The van der Waals surface area contributed by atoms with Crippen LogP contribution in [0.3, 0.4) is 0 Å². The summed E-state index contributed by atoms with van der Waals surface area (Å²) in [6.07, 6.45) is 1.52. The van der Waals surface area contributed by atoms with Crippen LogP contribution in [-0.4, -0.2) is 71.7 Å². The summed E-state index contributed by atoms with van der Waals surface area (Å²) < 4.78 is 5.45. The third kappa shape index (κ3) is 2.95. The van der Waals surface area contributed by atoms with Gasteiger partial charge < -0.3 is 20.3 Å². The third-order valence-corrected chi connectivity index (χ3v) is 4.09. The van der Waals surface area contributed by atoms with Crippen LogP contribution in [0.15, 0.2) is 4.79 Å². The molecular formula is C13H22N4O3. The molecule has 4 N–H and O–H groups in total. The number of β-amino-alcohol motifs (C(OH)–C–C–N with tert-alkyl or cyclic N) is 1. The van der Waals surface area contributed by atoms with E-state index in [4.69, 9.17) is 4.74 Å². The van der Waals surface area contributed by atoms with E-state index in [1.807, 2.05) is 0 Å². The molecule has 1 unspecified atom stereocenters. The van der Waals surface area contributed by atoms with E-state index in [0.29, 0.717) is 26.3 Å². The maximum atomic E-state index is 11.6. The molecule has 3 heterocycles. The summed E-state index contributed by atoms with van der Waals surface area (Å²) in [4.78, 5) is 13.8. The van der Waals surface area contributed by atoms with Gasteiger partial charge in [0.05, 0.1) is 13.2 Å². The average molecular weight is 282 g/mol. The van der Waals surface area contributed by atoms with Gasteiger partial charge in [-0.3, -0.25) is 14.8 Å². The molecule has 0 saturated carbocycles. The first kappa shape index (κ1) is 13.8. The zero-order chi connectivity index (χ0) is 14.0. The minimum atomic E-state index is -0.846. The molecule has 7 heteroatoms. The quantitative estimate of drug-likeness (QED) is 0.527. The van der Waals surface area contributed by atoms with E-state index in [2.05, 4.69) is 20.4 Å². The minimum absolute atomic E-state index is 0.0139. The van der Waals surface area contributed by atoms with E-state index in [-0.39, 0.29) is 5.56 Å². The molecule has 2 aliphatic rings. The highest BCUT2D eigenvalue weighted by Crippen LogP contribution is 2.14. The van der Waals surface area contributed by atoms with Gasteiger partial charge in [-0.25, -0.2) is 0 Å². The van der Waals surface area contributed by atoms with Crippen molar-refractivity contribution in [3.63, 3.8) is 0 Å². The molecule has 0 amide bonds. The number of H-pyrrole nitrogens is 2. The first-order valence-corrected chi connectivity index (χ1v) is 7.18. The lowest BCUT2D eigenvalue weighted by atomic mass is 10.0. The van der Waals surface area contributed by atoms with Crippen LogP contribution in [0.2, 0.25) is 0 Å². The number of rotatable bonds is 2. The van der Waals surface area contributed by atoms with Gasteiger partial charge in [0.15, 0.2) is 0 Å². The van der Waals surface area contributed by atoms with Crippen molar-refractivity contribution in [3.8, 4) is 0 Å². The van der Waals surface area contributed by atoms with Crippen LogP contribution in [0.4, 0.5) is 0 Å². The highest BCUT2D eigenvalue weighted by Gasteiger charge is 2.32. The van der Waals surface area contributed by atoms with Gasteiger partial charge in [-0.05, 0) is 6.42 Å². The van der Waals surface area contributed by atoms with E-state index in [1.165, 1.54) is 0 Å². The number of fused-ring (bicyclic) bond motifs is 1. The lowest BCUT2D eigenvalue weighted by molar-refractivity contribution is -0.0483. The number of nitrogens with zero attached hydrogens (tertiary/aromatic N) is 1. The van der Waals surface area contributed by atoms with Gasteiger partial charge in [0, 0.05) is 50.4 Å². The van der Waals surface area contributed by atoms with Crippen LogP contribution in [0.5, 0.6) is 0 Å². The molecule has 0 aromatic carbocycles. The van der Waals surface area contributed by atoms with Crippen molar-refractivity contribution < 1.29 is 9.84 Å². The van der Waals surface area contributed by atoms with Crippen LogP contribution in [-0.2, 0) is 17.6 Å². The van der Waals surface area contributed by atoms with Gasteiger partial charge >= 0.3 is 0 Å². The summed E-state index contributed by atoms with van der Waals surface area (Å²) in [6, 6.07) is 0. The molecule has 2 aliphatic heterocycles. The second kappa shape index (κ2) is 5.69. The number of aliphatic hydroxyl groups is 1. The van der Waals surface area contributed by atoms with E-state index >= 15 is 0 Å². The number of hydrogen-bond acceptors (Lipinski definition) is 5. The zero-order valence-corrected chi connectivity index (χ0v) is 11.6. The van der Waals surface area contributed by atoms with E-state index < -0.39 is 5.60 Å². The van der Waals surface area contributed by atoms with Crippen LogP contribution in [0.1, 0.15) is 11.3 Å². The normalized spacial score (nSPS) is 28.6. The fourth-order valence-corrected chi connectivity index (χ4v) is 3.00. The lowest BCUT2D eigenvalue weighted by Crippen LogP contribution is -2.52. The van der Waals surface area contributed by atoms with Crippen molar-refractivity contribution in [1.82, 2.24) is 20.4 Å². The van der Waals surface area contributed by atoms with E-state index in [1.54, 1.807) is 0 Å². The standard InChI is InChI=1S/C13H22N4O3/c18-12-10-1-4-17(5-2-11(10)15-16-12)8-13(19)7-14-3-6-20-9-13/h14,19H,1-9H2,(H2,15,16,18). The molecule has 1 atom stereocenters. The summed E-state index contributed by atoms with van der Waals surface area (Å²) in [6.45, 7) is 4.53. The smallest absolute Gasteiger partial charge is 0.267 e. The Balaban J connectivity index is 1.63. The number of hydrogen-bond donors (Lipinski definition) is 4. The zero-order valence-electron chi connectivity index (χ0n) is 11.6. The van der Waals surface area contributed by atoms with Crippen LogP contribution in [0, 0.1) is 0 Å². The molecule has 0 spiro atoms. The third-order valence-electron chi connectivity index (χ3n) is 4.09. The lowest BCUT2D eigenvalue weighted by Gasteiger charge is -2.32. The Hall–Kier alpha value is -1.15. The molecule has 1 saturated heterocycles. The Bertz CT molecular complexity index is 502. The van der Waals surface area contributed by atoms with Crippen LogP contribution < -0.4 is 10.9 Å². The fraction of sp³-hybridized carbons (Fsp3) is 0.769. The van der Waals surface area contributed by atoms with E-state index in [9.17, 15) is 9.90 Å². The monoisotopic (exact) mass is 282 g/mol. The summed E-state index contributed by atoms with van der Waals surface area (Å²) in [7, 11) is 0. The molecule has 1 fully saturated rings. The van der Waals surface area contributed by atoms with Crippen molar-refractivity contribution in [2.24, 2.45) is 0 Å². The molecule has 20 heavy (non-hydrogen) atoms. The van der Waals surface area contributed by atoms with Crippen molar-refractivity contribution >= 4 is 0 Å². The first-order valence-electron chi connectivity index (χ1n) is 7.18. The van der Waals surface area contributed by atoms with E-state index in [0.717, 1.165) is 43.7 Å². The van der Waals surface area contributed by atoms with Gasteiger partial charge in [0.25, 0.3) is 5.56 Å². The highest BCUT2D eigenvalue weighted by molar-refractivity contribution is 5.18. The SMILES string of the molecule is O=c1[nH][nH]c2c1CCN(CC1(O)CNCCOC1)CC2. The second-order valence-corrected chi connectivity index (χ2v) is 5.77. The maximum absolute atomic E-state index is 11.6. The summed E-state index contributed by atoms with van der Waals surface area (Å²) in [5.41, 5.74) is 0.996.